The third-order valence-electron chi connectivity index (χ3n) is 2.91. The molecule has 2 aromatic carbocycles. The second-order valence-corrected chi connectivity index (χ2v) is 5.26. The smallest absolute Gasteiger partial charge is 0.345 e. The van der Waals surface area contributed by atoms with Gasteiger partial charge >= 0.3 is 5.97 Å². The molecule has 4 heteroatoms. The van der Waals surface area contributed by atoms with Gasteiger partial charge in [0.05, 0.1) is 0 Å². The Balaban J connectivity index is 2.10. The molecule has 0 fully saturated rings. The van der Waals surface area contributed by atoms with Gasteiger partial charge in [-0.3, -0.25) is 0 Å². The minimum absolute atomic E-state index is 0.269. The summed E-state index contributed by atoms with van der Waals surface area (Å²) >= 11 is 1.24. The second-order valence-electron chi connectivity index (χ2n) is 4.18. The first-order chi connectivity index (χ1) is 9.13. The Bertz CT molecular complexity index is 759. The van der Waals surface area contributed by atoms with E-state index in [0.717, 1.165) is 21.2 Å². The minimum atomic E-state index is -0.912. The Kier molecular flexibility index (Phi) is 2.80. The predicted molar refractivity (Wildman–Crippen MR) is 74.2 cm³/mol. The van der Waals surface area contributed by atoms with Crippen LogP contribution in [0.5, 0.6) is 0 Å². The highest BCUT2D eigenvalue weighted by molar-refractivity contribution is 7.20. The number of fused-ring (bicyclic) bond motifs is 1. The average Bonchev–Trinajstić information content (AvgIpc) is 2.82. The molecule has 0 saturated heterocycles. The van der Waals surface area contributed by atoms with Crippen molar-refractivity contribution in [2.75, 3.05) is 0 Å². The fourth-order valence-electron chi connectivity index (χ4n) is 1.96. The van der Waals surface area contributed by atoms with Crippen LogP contribution in [0.3, 0.4) is 0 Å². The maximum Gasteiger partial charge on any atom is 0.345 e. The number of hydrogen-bond donors (Lipinski definition) is 1. The maximum absolute atomic E-state index is 12.9. The molecule has 1 N–H and O–H groups in total. The summed E-state index contributed by atoms with van der Waals surface area (Å²) in [6.45, 7) is 0. The largest absolute Gasteiger partial charge is 0.477 e. The van der Waals surface area contributed by atoms with E-state index in [0.29, 0.717) is 4.88 Å². The van der Waals surface area contributed by atoms with Gasteiger partial charge < -0.3 is 5.11 Å². The lowest BCUT2D eigenvalue weighted by Crippen LogP contribution is -1.89. The number of benzene rings is 2. The number of carboxylic acid groups (broad SMARTS) is 1. The molecule has 0 aliphatic rings. The van der Waals surface area contributed by atoms with E-state index >= 15 is 0 Å². The van der Waals surface area contributed by atoms with Crippen LogP contribution >= 0.6 is 11.3 Å². The van der Waals surface area contributed by atoms with Gasteiger partial charge in [-0.05, 0) is 40.8 Å². The van der Waals surface area contributed by atoms with Gasteiger partial charge in [-0.25, -0.2) is 9.18 Å². The molecule has 1 heterocycles. The summed E-state index contributed by atoms with van der Waals surface area (Å²) in [6, 6.07) is 13.6. The zero-order valence-corrected chi connectivity index (χ0v) is 10.6. The zero-order valence-electron chi connectivity index (χ0n) is 9.76. The van der Waals surface area contributed by atoms with Gasteiger partial charge in [-0.15, -0.1) is 11.3 Å². The Morgan fingerprint density at radius 2 is 1.68 bits per heavy atom. The molecule has 0 saturated carbocycles. The summed E-state index contributed by atoms with van der Waals surface area (Å²) in [5, 5.41) is 9.88. The van der Waals surface area contributed by atoms with Crippen LogP contribution in [0.15, 0.2) is 48.5 Å². The zero-order chi connectivity index (χ0) is 13.4. The van der Waals surface area contributed by atoms with Crippen molar-refractivity contribution in [3.8, 4) is 11.1 Å². The van der Waals surface area contributed by atoms with E-state index in [9.17, 15) is 9.18 Å². The molecular formula is C15H9FO2S. The van der Waals surface area contributed by atoms with E-state index in [1.165, 1.54) is 23.5 Å². The Labute approximate surface area is 112 Å². The standard InChI is InChI=1S/C15H9FO2S/c16-12-5-3-9(4-6-12)10-1-2-11-8-14(15(17)18)19-13(11)7-10/h1-8H,(H,17,18). The van der Waals surface area contributed by atoms with Crippen molar-refractivity contribution < 1.29 is 14.3 Å². The van der Waals surface area contributed by atoms with Crippen molar-refractivity contribution >= 4 is 27.4 Å². The van der Waals surface area contributed by atoms with Gasteiger partial charge in [-0.1, -0.05) is 24.3 Å². The first kappa shape index (κ1) is 11.9. The van der Waals surface area contributed by atoms with Gasteiger partial charge in [0.2, 0.25) is 0 Å². The van der Waals surface area contributed by atoms with Crippen molar-refractivity contribution in [3.05, 3.63) is 59.2 Å². The van der Waals surface area contributed by atoms with E-state index in [4.69, 9.17) is 5.11 Å². The number of aromatic carboxylic acids is 1. The van der Waals surface area contributed by atoms with Crippen molar-refractivity contribution in [1.29, 1.82) is 0 Å². The van der Waals surface area contributed by atoms with Crippen LogP contribution in [0.2, 0.25) is 0 Å². The molecule has 3 rings (SSSR count). The number of hydrogen-bond acceptors (Lipinski definition) is 2. The highest BCUT2D eigenvalue weighted by Gasteiger charge is 2.09. The molecule has 1 aromatic heterocycles. The number of carboxylic acids is 1. The summed E-state index contributed by atoms with van der Waals surface area (Å²) in [6.07, 6.45) is 0. The van der Waals surface area contributed by atoms with Crippen molar-refractivity contribution in [2.45, 2.75) is 0 Å². The van der Waals surface area contributed by atoms with Crippen LogP contribution in [-0.2, 0) is 0 Å². The van der Waals surface area contributed by atoms with Crippen molar-refractivity contribution in [1.82, 2.24) is 0 Å². The van der Waals surface area contributed by atoms with Gasteiger partial charge in [0.25, 0.3) is 0 Å². The number of carbonyl (C=O) groups is 1. The topological polar surface area (TPSA) is 37.3 Å². The third kappa shape index (κ3) is 2.22. The van der Waals surface area contributed by atoms with Crippen LogP contribution in [0.4, 0.5) is 4.39 Å². The number of thiophene rings is 1. The first-order valence-corrected chi connectivity index (χ1v) is 6.48. The van der Waals surface area contributed by atoms with E-state index < -0.39 is 5.97 Å². The fourth-order valence-corrected chi connectivity index (χ4v) is 2.90. The first-order valence-electron chi connectivity index (χ1n) is 5.66. The molecule has 19 heavy (non-hydrogen) atoms. The van der Waals surface area contributed by atoms with Gasteiger partial charge in [0, 0.05) is 4.70 Å². The summed E-state index contributed by atoms with van der Waals surface area (Å²) in [7, 11) is 0. The molecule has 0 spiro atoms. The molecule has 0 amide bonds. The van der Waals surface area contributed by atoms with Crippen LogP contribution in [-0.4, -0.2) is 11.1 Å². The van der Waals surface area contributed by atoms with Crippen LogP contribution in [0.25, 0.3) is 21.2 Å². The minimum Gasteiger partial charge on any atom is -0.477 e. The van der Waals surface area contributed by atoms with Crippen LogP contribution in [0, 0.1) is 5.82 Å². The van der Waals surface area contributed by atoms with Crippen LogP contribution in [0.1, 0.15) is 9.67 Å². The summed E-state index contributed by atoms with van der Waals surface area (Å²) in [5.41, 5.74) is 1.86. The maximum atomic E-state index is 12.9. The van der Waals surface area contributed by atoms with E-state index in [1.54, 1.807) is 18.2 Å². The summed E-state index contributed by atoms with van der Waals surface area (Å²) in [4.78, 5) is 11.3. The lowest BCUT2D eigenvalue weighted by atomic mass is 10.0. The molecule has 0 bridgehead atoms. The number of rotatable bonds is 2. The lowest BCUT2D eigenvalue weighted by molar-refractivity contribution is 0.0702. The molecule has 0 aliphatic carbocycles. The summed E-state index contributed by atoms with van der Waals surface area (Å²) in [5.74, 6) is -1.18. The lowest BCUT2D eigenvalue weighted by Gasteiger charge is -2.01. The second kappa shape index (κ2) is 4.48. The SMILES string of the molecule is O=C(O)c1cc2ccc(-c3ccc(F)cc3)cc2s1. The van der Waals surface area contributed by atoms with Gasteiger partial charge in [-0.2, -0.15) is 0 Å². The molecule has 0 aliphatic heterocycles. The van der Waals surface area contributed by atoms with E-state index in [1.807, 2.05) is 18.2 Å². The highest BCUT2D eigenvalue weighted by atomic mass is 32.1. The molecule has 2 nitrogen and oxygen atoms in total. The average molecular weight is 272 g/mol. The molecule has 94 valence electrons. The van der Waals surface area contributed by atoms with Gasteiger partial charge in [0.1, 0.15) is 10.7 Å². The Morgan fingerprint density at radius 1 is 1.00 bits per heavy atom. The number of halogens is 1. The quantitative estimate of drug-likeness (QED) is 0.750. The van der Waals surface area contributed by atoms with E-state index in [-0.39, 0.29) is 5.82 Å². The molecule has 0 unspecified atom stereocenters. The molecule has 0 radical (unpaired) electrons. The summed E-state index contributed by atoms with van der Waals surface area (Å²) < 4.78 is 13.8. The van der Waals surface area contributed by atoms with Crippen molar-refractivity contribution in [2.24, 2.45) is 0 Å². The monoisotopic (exact) mass is 272 g/mol. The highest BCUT2D eigenvalue weighted by Crippen LogP contribution is 2.30. The van der Waals surface area contributed by atoms with E-state index in [2.05, 4.69) is 0 Å². The van der Waals surface area contributed by atoms with Crippen molar-refractivity contribution in [3.63, 3.8) is 0 Å². The Morgan fingerprint density at radius 3 is 2.37 bits per heavy atom. The van der Waals surface area contributed by atoms with Crippen LogP contribution < -0.4 is 0 Å². The van der Waals surface area contributed by atoms with Gasteiger partial charge in [0.15, 0.2) is 0 Å². The third-order valence-corrected chi connectivity index (χ3v) is 3.99. The fraction of sp³-hybridized carbons (Fsp3) is 0. The molecule has 3 aromatic rings. The predicted octanol–water partition coefficient (Wildman–Crippen LogP) is 4.41. The Hall–Kier alpha value is -2.20. The normalized spacial score (nSPS) is 10.8. The molecule has 0 atom stereocenters. The molecular weight excluding hydrogens is 263 g/mol.